The number of hydrogen-bond acceptors (Lipinski definition) is 3. The molecule has 0 spiro atoms. The Bertz CT molecular complexity index is 158. The van der Waals surface area contributed by atoms with Crippen molar-refractivity contribution in [3.8, 4) is 0 Å². The first-order chi connectivity index (χ1) is 4.63. The molecule has 0 aliphatic carbocycles. The third-order valence-corrected chi connectivity index (χ3v) is 1.06. The van der Waals surface area contributed by atoms with Crippen LogP contribution in [-0.2, 0) is 4.79 Å². The normalized spacial score (nSPS) is 14.6. The van der Waals surface area contributed by atoms with Gasteiger partial charge < -0.3 is 5.73 Å². The zero-order chi connectivity index (χ0) is 8.15. The van der Waals surface area contributed by atoms with Crippen molar-refractivity contribution in [1.82, 2.24) is 5.48 Å². The number of carbonyl (C=O) groups excluding carboxylic acids is 1. The highest BCUT2D eigenvalue weighted by Crippen LogP contribution is 1.97. The Hall–Kier alpha value is -0.940. The Labute approximate surface area is 57.5 Å². The predicted octanol–water partition coefficient (Wildman–Crippen LogP) is -0.308. The molecule has 4 nitrogen and oxygen atoms in total. The summed E-state index contributed by atoms with van der Waals surface area (Å²) in [5, 5.41) is 8.02. The smallest absolute Gasteiger partial charge is 0.264 e. The van der Waals surface area contributed by atoms with Gasteiger partial charge in [0, 0.05) is 0 Å². The Morgan fingerprint density at radius 2 is 2.40 bits per heavy atom. The fourth-order valence-corrected chi connectivity index (χ4v) is 0.344. The number of carbonyl (C=O) groups is 1. The van der Waals surface area contributed by atoms with Gasteiger partial charge in [0.05, 0.1) is 6.33 Å². The Morgan fingerprint density at radius 3 is 2.70 bits per heavy atom. The average molecular weight is 148 g/mol. The Balaban J connectivity index is 4.08. The van der Waals surface area contributed by atoms with Gasteiger partial charge in [-0.3, -0.25) is 10.0 Å². The van der Waals surface area contributed by atoms with Crippen LogP contribution >= 0.6 is 0 Å². The highest BCUT2D eigenvalue weighted by atomic mass is 19.1. The molecule has 0 rings (SSSR count). The molecule has 10 heavy (non-hydrogen) atoms. The van der Waals surface area contributed by atoms with Crippen LogP contribution in [0.2, 0.25) is 0 Å². The van der Waals surface area contributed by atoms with E-state index in [1.54, 1.807) is 0 Å². The molecule has 0 fully saturated rings. The molecular weight excluding hydrogens is 139 g/mol. The molecular formula is C5H9FN2O2. The van der Waals surface area contributed by atoms with Crippen LogP contribution in [0.25, 0.3) is 0 Å². The van der Waals surface area contributed by atoms with E-state index in [4.69, 9.17) is 10.9 Å². The molecule has 0 aromatic heterocycles. The molecule has 0 unspecified atom stereocenters. The lowest BCUT2D eigenvalue weighted by atomic mass is 10.1. The molecule has 0 saturated heterocycles. The third-order valence-electron chi connectivity index (χ3n) is 1.06. The van der Waals surface area contributed by atoms with E-state index in [0.29, 0.717) is 0 Å². The maximum atomic E-state index is 11.6. The zero-order valence-corrected chi connectivity index (χ0v) is 5.47. The summed E-state index contributed by atoms with van der Waals surface area (Å²) in [7, 11) is 0. The van der Waals surface area contributed by atoms with E-state index in [-0.39, 0.29) is 11.9 Å². The van der Waals surface area contributed by atoms with E-state index in [9.17, 15) is 9.18 Å². The molecule has 0 aliphatic heterocycles. The largest absolute Gasteiger partial charge is 0.316 e. The van der Waals surface area contributed by atoms with Gasteiger partial charge in [0.1, 0.15) is 6.04 Å². The fourth-order valence-electron chi connectivity index (χ4n) is 0.344. The maximum Gasteiger partial charge on any atom is 0.264 e. The van der Waals surface area contributed by atoms with Crippen molar-refractivity contribution in [2.24, 2.45) is 5.73 Å². The van der Waals surface area contributed by atoms with Crippen molar-refractivity contribution in [1.29, 1.82) is 0 Å². The lowest BCUT2D eigenvalue weighted by Crippen LogP contribution is -2.39. The molecule has 0 bridgehead atoms. The van der Waals surface area contributed by atoms with Crippen LogP contribution < -0.4 is 11.2 Å². The van der Waals surface area contributed by atoms with E-state index < -0.39 is 11.9 Å². The molecule has 0 saturated carbocycles. The van der Waals surface area contributed by atoms with Gasteiger partial charge in [-0.05, 0) is 12.5 Å². The Morgan fingerprint density at radius 1 is 1.90 bits per heavy atom. The number of halogens is 1. The molecule has 0 aromatic rings. The maximum absolute atomic E-state index is 11.6. The summed E-state index contributed by atoms with van der Waals surface area (Å²) in [6.07, 6.45) is 0.222. The highest BCUT2D eigenvalue weighted by Gasteiger charge is 2.13. The van der Waals surface area contributed by atoms with Gasteiger partial charge in [-0.1, -0.05) is 0 Å². The number of amides is 1. The molecule has 58 valence electrons. The summed E-state index contributed by atoms with van der Waals surface area (Å²) in [4.78, 5) is 10.4. The number of nitrogens with two attached hydrogens (primary N) is 1. The summed E-state index contributed by atoms with van der Waals surface area (Å²) in [6, 6.07) is -1.12. The third kappa shape index (κ3) is 2.12. The second-order valence-electron chi connectivity index (χ2n) is 1.81. The van der Waals surface area contributed by atoms with Gasteiger partial charge >= 0.3 is 0 Å². The topological polar surface area (TPSA) is 75.4 Å². The van der Waals surface area contributed by atoms with Crippen LogP contribution in [-0.4, -0.2) is 17.2 Å². The van der Waals surface area contributed by atoms with Gasteiger partial charge in [-0.25, -0.2) is 9.87 Å². The van der Waals surface area contributed by atoms with Crippen molar-refractivity contribution in [2.75, 3.05) is 0 Å². The number of rotatable bonds is 2. The van der Waals surface area contributed by atoms with Gasteiger partial charge in [0.15, 0.2) is 0 Å². The molecule has 0 aromatic carbocycles. The van der Waals surface area contributed by atoms with E-state index in [2.05, 4.69) is 0 Å². The van der Waals surface area contributed by atoms with Crippen LogP contribution in [0, 0.1) is 0 Å². The van der Waals surface area contributed by atoms with E-state index in [1.807, 2.05) is 0 Å². The second-order valence-corrected chi connectivity index (χ2v) is 1.81. The van der Waals surface area contributed by atoms with Crippen molar-refractivity contribution in [2.45, 2.75) is 13.0 Å². The minimum absolute atomic E-state index is 0.0616. The summed E-state index contributed by atoms with van der Waals surface area (Å²) in [6.45, 7) is 1.35. The van der Waals surface area contributed by atoms with Crippen LogP contribution in [0.5, 0.6) is 0 Å². The molecule has 0 heterocycles. The average Bonchev–Trinajstić information content (AvgIpc) is 2.00. The first-order valence-electron chi connectivity index (χ1n) is 2.60. The first kappa shape index (κ1) is 9.06. The minimum atomic E-state index is -1.12. The fraction of sp³-hybridized carbons (Fsp3) is 0.400. The second kappa shape index (κ2) is 3.97. The number of hydrogen-bond donors (Lipinski definition) is 3. The molecule has 4 N–H and O–H groups in total. The standard InChI is InChI=1S/C5H9FN2O2/c1-3(2-6)4(7)5(9)8-10/h2,4,10H,7H2,1H3,(H,8,9)/b3-2-/t4-/m0/s1. The van der Waals surface area contributed by atoms with Crippen molar-refractivity contribution in [3.05, 3.63) is 11.9 Å². The zero-order valence-electron chi connectivity index (χ0n) is 5.47. The van der Waals surface area contributed by atoms with Gasteiger partial charge in [0.2, 0.25) is 0 Å². The molecule has 1 amide bonds. The Kier molecular flexibility index (Phi) is 3.60. The molecule has 0 radical (unpaired) electrons. The van der Waals surface area contributed by atoms with Crippen LogP contribution in [0.15, 0.2) is 11.9 Å². The van der Waals surface area contributed by atoms with Crippen molar-refractivity contribution in [3.63, 3.8) is 0 Å². The van der Waals surface area contributed by atoms with Crippen LogP contribution in [0.4, 0.5) is 4.39 Å². The highest BCUT2D eigenvalue weighted by molar-refractivity contribution is 5.83. The van der Waals surface area contributed by atoms with E-state index in [0.717, 1.165) is 0 Å². The molecule has 5 heteroatoms. The summed E-state index contributed by atoms with van der Waals surface area (Å²) >= 11 is 0. The van der Waals surface area contributed by atoms with Gasteiger partial charge in [0.25, 0.3) is 5.91 Å². The van der Waals surface area contributed by atoms with Crippen molar-refractivity contribution < 1.29 is 14.4 Å². The number of nitrogens with one attached hydrogen (secondary N) is 1. The van der Waals surface area contributed by atoms with Crippen LogP contribution in [0.1, 0.15) is 6.92 Å². The lowest BCUT2D eigenvalue weighted by Gasteiger charge is -2.06. The minimum Gasteiger partial charge on any atom is -0.316 e. The summed E-state index contributed by atoms with van der Waals surface area (Å²) < 4.78 is 11.6. The number of hydroxylamine groups is 1. The van der Waals surface area contributed by atoms with E-state index >= 15 is 0 Å². The summed E-state index contributed by atoms with van der Waals surface area (Å²) in [5.41, 5.74) is 6.47. The van der Waals surface area contributed by atoms with E-state index in [1.165, 1.54) is 12.4 Å². The van der Waals surface area contributed by atoms with Gasteiger partial charge in [-0.15, -0.1) is 0 Å². The SMILES string of the molecule is C/C(=C/F)[C@H](N)C(=O)NO. The van der Waals surface area contributed by atoms with Crippen LogP contribution in [0.3, 0.4) is 0 Å². The monoisotopic (exact) mass is 148 g/mol. The predicted molar refractivity (Wildman–Crippen MR) is 32.8 cm³/mol. The van der Waals surface area contributed by atoms with Gasteiger partial charge in [-0.2, -0.15) is 0 Å². The van der Waals surface area contributed by atoms with Crippen molar-refractivity contribution >= 4 is 5.91 Å². The lowest BCUT2D eigenvalue weighted by molar-refractivity contribution is -0.129. The summed E-state index contributed by atoms with van der Waals surface area (Å²) in [5.74, 6) is -0.827. The molecule has 0 aliphatic rings. The molecule has 1 atom stereocenters. The first-order valence-corrected chi connectivity index (χ1v) is 2.60. The quantitative estimate of drug-likeness (QED) is 0.371.